The molecule has 0 aliphatic heterocycles. The standard InChI is InChI=1S/C9H22N2O2S/c1-9(2)8-11(14(5,12)13)7-6-10(3)4/h9H,6-8H2,1-5H3. The molecular formula is C9H22N2O2S. The molecule has 0 saturated heterocycles. The Morgan fingerprint density at radius 3 is 1.93 bits per heavy atom. The van der Waals surface area contributed by atoms with Gasteiger partial charge in [-0.25, -0.2) is 12.7 Å². The van der Waals surface area contributed by atoms with Crippen LogP contribution in [0.1, 0.15) is 13.8 Å². The maximum Gasteiger partial charge on any atom is 0.211 e. The third-order valence-electron chi connectivity index (χ3n) is 1.83. The van der Waals surface area contributed by atoms with E-state index < -0.39 is 10.0 Å². The number of nitrogens with zero attached hydrogens (tertiary/aromatic N) is 2. The summed E-state index contributed by atoms with van der Waals surface area (Å²) >= 11 is 0. The van der Waals surface area contributed by atoms with Gasteiger partial charge in [-0.2, -0.15) is 0 Å². The van der Waals surface area contributed by atoms with E-state index in [1.54, 1.807) is 0 Å². The number of sulfonamides is 1. The van der Waals surface area contributed by atoms with Crippen molar-refractivity contribution in [3.63, 3.8) is 0 Å². The summed E-state index contributed by atoms with van der Waals surface area (Å²) in [7, 11) is 0.832. The Morgan fingerprint density at radius 2 is 1.64 bits per heavy atom. The first-order valence-electron chi connectivity index (χ1n) is 4.83. The average Bonchev–Trinajstić information content (AvgIpc) is 1.94. The van der Waals surface area contributed by atoms with Crippen molar-refractivity contribution in [2.75, 3.05) is 40.0 Å². The van der Waals surface area contributed by atoms with E-state index in [1.165, 1.54) is 10.6 Å². The molecule has 5 heteroatoms. The maximum absolute atomic E-state index is 11.4. The highest BCUT2D eigenvalue weighted by Crippen LogP contribution is 2.03. The molecule has 0 aliphatic rings. The lowest BCUT2D eigenvalue weighted by molar-refractivity contribution is 0.314. The Kier molecular flexibility index (Phi) is 5.63. The van der Waals surface area contributed by atoms with Crippen molar-refractivity contribution in [1.29, 1.82) is 0 Å². The van der Waals surface area contributed by atoms with Crippen LogP contribution in [0.4, 0.5) is 0 Å². The summed E-state index contributed by atoms with van der Waals surface area (Å²) in [6.45, 7) is 5.98. The van der Waals surface area contributed by atoms with Gasteiger partial charge in [-0.3, -0.25) is 0 Å². The number of likely N-dealkylation sites (N-methyl/N-ethyl adjacent to an activating group) is 1. The van der Waals surface area contributed by atoms with Crippen LogP contribution in [-0.2, 0) is 10.0 Å². The smallest absolute Gasteiger partial charge is 0.211 e. The first-order valence-corrected chi connectivity index (χ1v) is 6.68. The van der Waals surface area contributed by atoms with Gasteiger partial charge in [0, 0.05) is 19.6 Å². The number of hydrogen-bond acceptors (Lipinski definition) is 3. The third-order valence-corrected chi connectivity index (χ3v) is 3.10. The van der Waals surface area contributed by atoms with Crippen LogP contribution < -0.4 is 0 Å². The van der Waals surface area contributed by atoms with Gasteiger partial charge in [0.05, 0.1) is 6.26 Å². The lowest BCUT2D eigenvalue weighted by Gasteiger charge is -2.23. The molecule has 86 valence electrons. The van der Waals surface area contributed by atoms with Crippen LogP contribution in [0.15, 0.2) is 0 Å². The summed E-state index contributed by atoms with van der Waals surface area (Å²) in [6.07, 6.45) is 1.27. The Bertz CT molecular complexity index is 248. The van der Waals surface area contributed by atoms with Gasteiger partial charge in [-0.1, -0.05) is 13.8 Å². The summed E-state index contributed by atoms with van der Waals surface area (Å²) in [5, 5.41) is 0. The summed E-state index contributed by atoms with van der Waals surface area (Å²) < 4.78 is 24.3. The molecule has 0 fully saturated rings. The summed E-state index contributed by atoms with van der Waals surface area (Å²) in [6, 6.07) is 0. The van der Waals surface area contributed by atoms with Crippen LogP contribution in [0.2, 0.25) is 0 Å². The molecule has 0 aromatic heterocycles. The minimum absolute atomic E-state index is 0.367. The van der Waals surface area contributed by atoms with Crippen LogP contribution in [0, 0.1) is 5.92 Å². The number of rotatable bonds is 6. The highest BCUT2D eigenvalue weighted by molar-refractivity contribution is 7.88. The van der Waals surface area contributed by atoms with E-state index in [0.29, 0.717) is 19.0 Å². The fraction of sp³-hybridized carbons (Fsp3) is 1.00. The fourth-order valence-corrected chi connectivity index (χ4v) is 2.09. The van der Waals surface area contributed by atoms with Crippen molar-refractivity contribution in [2.24, 2.45) is 5.92 Å². The number of hydrogen-bond donors (Lipinski definition) is 0. The zero-order valence-electron chi connectivity index (χ0n) is 9.82. The van der Waals surface area contributed by atoms with Crippen molar-refractivity contribution in [2.45, 2.75) is 13.8 Å². The molecule has 4 nitrogen and oxygen atoms in total. The molecule has 0 unspecified atom stereocenters. The minimum Gasteiger partial charge on any atom is -0.308 e. The molecule has 0 radical (unpaired) electrons. The highest BCUT2D eigenvalue weighted by atomic mass is 32.2. The summed E-state index contributed by atoms with van der Waals surface area (Å²) in [5.41, 5.74) is 0. The third kappa shape index (κ3) is 6.34. The fourth-order valence-electron chi connectivity index (χ4n) is 1.11. The van der Waals surface area contributed by atoms with E-state index in [4.69, 9.17) is 0 Å². The monoisotopic (exact) mass is 222 g/mol. The summed E-state index contributed by atoms with van der Waals surface area (Å²) in [5.74, 6) is 0.367. The van der Waals surface area contributed by atoms with Crippen molar-refractivity contribution in [1.82, 2.24) is 9.21 Å². The average molecular weight is 222 g/mol. The van der Waals surface area contributed by atoms with Gasteiger partial charge in [0.25, 0.3) is 0 Å². The minimum atomic E-state index is -3.05. The zero-order valence-corrected chi connectivity index (χ0v) is 10.6. The predicted molar refractivity (Wildman–Crippen MR) is 59.8 cm³/mol. The Balaban J connectivity index is 4.27. The van der Waals surface area contributed by atoms with E-state index in [2.05, 4.69) is 0 Å². The molecule has 0 amide bonds. The largest absolute Gasteiger partial charge is 0.308 e. The van der Waals surface area contributed by atoms with E-state index >= 15 is 0 Å². The molecule has 0 aromatic rings. The molecule has 0 saturated carbocycles. The molecular weight excluding hydrogens is 200 g/mol. The van der Waals surface area contributed by atoms with Gasteiger partial charge < -0.3 is 4.90 Å². The van der Waals surface area contributed by atoms with Crippen molar-refractivity contribution >= 4 is 10.0 Å². The lowest BCUT2D eigenvalue weighted by atomic mass is 10.2. The molecule has 0 spiro atoms. The van der Waals surface area contributed by atoms with E-state index in [9.17, 15) is 8.42 Å². The van der Waals surface area contributed by atoms with Crippen molar-refractivity contribution < 1.29 is 8.42 Å². The normalized spacial score (nSPS) is 13.1. The van der Waals surface area contributed by atoms with Crippen LogP contribution >= 0.6 is 0 Å². The molecule has 0 N–H and O–H groups in total. The lowest BCUT2D eigenvalue weighted by Crippen LogP contribution is -2.38. The van der Waals surface area contributed by atoms with Crippen molar-refractivity contribution in [3.05, 3.63) is 0 Å². The SMILES string of the molecule is CC(C)CN(CCN(C)C)S(C)(=O)=O. The second-order valence-corrected chi connectivity index (χ2v) is 6.30. The quantitative estimate of drug-likeness (QED) is 0.656. The maximum atomic E-state index is 11.4. The first kappa shape index (κ1) is 13.9. The Hall–Kier alpha value is -0.130. The van der Waals surface area contributed by atoms with Crippen LogP contribution in [0.25, 0.3) is 0 Å². The summed E-state index contributed by atoms with van der Waals surface area (Å²) in [4.78, 5) is 1.98. The second-order valence-electron chi connectivity index (χ2n) is 4.32. The molecule has 14 heavy (non-hydrogen) atoms. The van der Waals surface area contributed by atoms with E-state index in [1.807, 2.05) is 32.8 Å². The molecule has 0 heterocycles. The molecule has 0 bridgehead atoms. The highest BCUT2D eigenvalue weighted by Gasteiger charge is 2.17. The van der Waals surface area contributed by atoms with Gasteiger partial charge in [-0.15, -0.1) is 0 Å². The first-order chi connectivity index (χ1) is 6.23. The van der Waals surface area contributed by atoms with Crippen molar-refractivity contribution in [3.8, 4) is 0 Å². The Labute approximate surface area is 87.9 Å². The molecule has 0 rings (SSSR count). The van der Waals surface area contributed by atoms with Gasteiger partial charge in [-0.05, 0) is 20.0 Å². The molecule has 0 aliphatic carbocycles. The van der Waals surface area contributed by atoms with E-state index in [0.717, 1.165) is 6.54 Å². The van der Waals surface area contributed by atoms with Gasteiger partial charge in [0.2, 0.25) is 10.0 Å². The van der Waals surface area contributed by atoms with Crippen LogP contribution in [0.5, 0.6) is 0 Å². The molecule has 0 atom stereocenters. The zero-order chi connectivity index (χ0) is 11.4. The van der Waals surface area contributed by atoms with Gasteiger partial charge in [0.15, 0.2) is 0 Å². The van der Waals surface area contributed by atoms with Gasteiger partial charge >= 0.3 is 0 Å². The topological polar surface area (TPSA) is 40.6 Å². The van der Waals surface area contributed by atoms with Gasteiger partial charge in [0.1, 0.15) is 0 Å². The Morgan fingerprint density at radius 1 is 1.14 bits per heavy atom. The predicted octanol–water partition coefficient (Wildman–Crippen LogP) is 0.466. The van der Waals surface area contributed by atoms with Crippen LogP contribution in [0.3, 0.4) is 0 Å². The molecule has 0 aromatic carbocycles. The van der Waals surface area contributed by atoms with Crippen LogP contribution in [-0.4, -0.2) is 57.6 Å². The second kappa shape index (κ2) is 5.68. The van der Waals surface area contributed by atoms with E-state index in [-0.39, 0.29) is 0 Å².